The van der Waals surface area contributed by atoms with Crippen LogP contribution in [0.15, 0.2) is 0 Å². The average Bonchev–Trinajstić information content (AvgIpc) is 2.53. The molecule has 0 aromatic rings. The summed E-state index contributed by atoms with van der Waals surface area (Å²) >= 11 is 0. The van der Waals surface area contributed by atoms with E-state index < -0.39 is 6.10 Å². The molecule has 0 saturated heterocycles. The van der Waals surface area contributed by atoms with Crippen molar-refractivity contribution in [1.82, 2.24) is 5.32 Å². The summed E-state index contributed by atoms with van der Waals surface area (Å²) < 4.78 is 0. The zero-order chi connectivity index (χ0) is 16.5. The van der Waals surface area contributed by atoms with Gasteiger partial charge in [0.25, 0.3) is 0 Å². The fourth-order valence-corrected chi connectivity index (χ4v) is 2.98. The standard InChI is InChI=1S/C19H41NO2/c1-3-4-5-6-7-8-9-10-11-12-13-14-15-16-19(22)18(17-21)20-2/h18-22H,3-17H2,1-2H3/t18-,19+/m0/s1. The van der Waals surface area contributed by atoms with Crippen LogP contribution in [0.3, 0.4) is 0 Å². The highest BCUT2D eigenvalue weighted by Gasteiger charge is 2.15. The van der Waals surface area contributed by atoms with Crippen LogP contribution in [0, 0.1) is 0 Å². The van der Waals surface area contributed by atoms with Crippen LogP contribution < -0.4 is 5.32 Å². The SMILES string of the molecule is CCCCCCCCCCCCCCC[C@@H](O)[C@H](CO)NC. The fourth-order valence-electron chi connectivity index (χ4n) is 2.98. The molecule has 3 heteroatoms. The normalized spacial score (nSPS) is 14.2. The smallest absolute Gasteiger partial charge is 0.0715 e. The van der Waals surface area contributed by atoms with Crippen molar-refractivity contribution in [1.29, 1.82) is 0 Å². The van der Waals surface area contributed by atoms with Crippen LogP contribution in [-0.4, -0.2) is 36.0 Å². The molecule has 0 bridgehead atoms. The summed E-state index contributed by atoms with van der Waals surface area (Å²) in [5.41, 5.74) is 0. The topological polar surface area (TPSA) is 52.5 Å². The monoisotopic (exact) mass is 315 g/mol. The van der Waals surface area contributed by atoms with Crippen molar-refractivity contribution in [3.05, 3.63) is 0 Å². The van der Waals surface area contributed by atoms with Gasteiger partial charge in [-0.1, -0.05) is 90.4 Å². The Labute approximate surface area is 138 Å². The first-order valence-electron chi connectivity index (χ1n) is 9.72. The third-order valence-electron chi connectivity index (χ3n) is 4.64. The summed E-state index contributed by atoms with van der Waals surface area (Å²) in [5.74, 6) is 0. The number of nitrogens with one attached hydrogen (secondary N) is 1. The van der Waals surface area contributed by atoms with E-state index >= 15 is 0 Å². The zero-order valence-corrected chi connectivity index (χ0v) is 15.2. The van der Waals surface area contributed by atoms with Gasteiger partial charge in [-0.3, -0.25) is 0 Å². The lowest BCUT2D eigenvalue weighted by molar-refractivity contribution is 0.0850. The fraction of sp³-hybridized carbons (Fsp3) is 1.00. The minimum Gasteiger partial charge on any atom is -0.395 e. The van der Waals surface area contributed by atoms with Crippen molar-refractivity contribution >= 4 is 0 Å². The van der Waals surface area contributed by atoms with Crippen LogP contribution in [0.1, 0.15) is 96.8 Å². The van der Waals surface area contributed by atoms with Crippen LogP contribution in [0.5, 0.6) is 0 Å². The third-order valence-corrected chi connectivity index (χ3v) is 4.64. The van der Waals surface area contributed by atoms with Gasteiger partial charge in [0.2, 0.25) is 0 Å². The van der Waals surface area contributed by atoms with Crippen LogP contribution in [0.2, 0.25) is 0 Å². The van der Waals surface area contributed by atoms with Crippen LogP contribution in [-0.2, 0) is 0 Å². The van der Waals surface area contributed by atoms with Crippen molar-refractivity contribution < 1.29 is 10.2 Å². The molecule has 0 amide bonds. The minimum absolute atomic E-state index is 0.0100. The molecule has 0 spiro atoms. The molecule has 0 aromatic carbocycles. The summed E-state index contributed by atoms with van der Waals surface area (Å²) in [5, 5.41) is 21.9. The van der Waals surface area contributed by atoms with E-state index in [0.717, 1.165) is 12.8 Å². The molecule has 0 saturated carbocycles. The number of aliphatic hydroxyl groups is 2. The molecule has 0 aliphatic carbocycles. The molecule has 134 valence electrons. The molecule has 0 heterocycles. The predicted molar refractivity (Wildman–Crippen MR) is 96.3 cm³/mol. The van der Waals surface area contributed by atoms with E-state index in [1.54, 1.807) is 7.05 Å². The zero-order valence-electron chi connectivity index (χ0n) is 15.2. The Morgan fingerprint density at radius 1 is 0.727 bits per heavy atom. The molecule has 0 aliphatic rings. The largest absolute Gasteiger partial charge is 0.395 e. The van der Waals surface area contributed by atoms with Gasteiger partial charge >= 0.3 is 0 Å². The van der Waals surface area contributed by atoms with E-state index in [-0.39, 0.29) is 12.6 Å². The van der Waals surface area contributed by atoms with Crippen molar-refractivity contribution in [2.45, 2.75) is 109 Å². The van der Waals surface area contributed by atoms with Gasteiger partial charge in [-0.25, -0.2) is 0 Å². The number of hydrogen-bond acceptors (Lipinski definition) is 3. The molecule has 3 nitrogen and oxygen atoms in total. The summed E-state index contributed by atoms with van der Waals surface area (Å²) in [7, 11) is 1.79. The molecule has 0 aliphatic heterocycles. The predicted octanol–water partition coefficient (Wildman–Crippen LogP) is 4.41. The number of likely N-dealkylation sites (N-methyl/N-ethyl adjacent to an activating group) is 1. The minimum atomic E-state index is -0.414. The van der Waals surface area contributed by atoms with E-state index in [1.807, 2.05) is 0 Å². The van der Waals surface area contributed by atoms with Gasteiger partial charge in [-0.05, 0) is 13.5 Å². The van der Waals surface area contributed by atoms with E-state index in [4.69, 9.17) is 5.11 Å². The summed E-state index contributed by atoms with van der Waals surface area (Å²) in [6.07, 6.45) is 17.9. The molecule has 0 rings (SSSR count). The Bertz CT molecular complexity index is 208. The van der Waals surface area contributed by atoms with Gasteiger partial charge in [0.1, 0.15) is 0 Å². The van der Waals surface area contributed by atoms with Crippen molar-refractivity contribution in [3.8, 4) is 0 Å². The maximum absolute atomic E-state index is 9.86. The van der Waals surface area contributed by atoms with Gasteiger partial charge in [0.05, 0.1) is 18.8 Å². The second-order valence-electron chi connectivity index (χ2n) is 6.68. The van der Waals surface area contributed by atoms with Crippen molar-refractivity contribution in [2.75, 3.05) is 13.7 Å². The highest BCUT2D eigenvalue weighted by atomic mass is 16.3. The Hall–Kier alpha value is -0.120. The molecule has 22 heavy (non-hydrogen) atoms. The molecule has 0 aromatic heterocycles. The highest BCUT2D eigenvalue weighted by Crippen LogP contribution is 2.13. The number of rotatable bonds is 17. The molecular formula is C19H41NO2. The first-order chi connectivity index (χ1) is 10.8. The van der Waals surface area contributed by atoms with E-state index in [2.05, 4.69) is 12.2 Å². The Balaban J connectivity index is 3.17. The Kier molecular flexibility index (Phi) is 17.1. The number of unbranched alkanes of at least 4 members (excludes halogenated alkanes) is 12. The first kappa shape index (κ1) is 21.9. The van der Waals surface area contributed by atoms with Crippen LogP contribution in [0.25, 0.3) is 0 Å². The van der Waals surface area contributed by atoms with Crippen LogP contribution in [0.4, 0.5) is 0 Å². The molecule has 3 N–H and O–H groups in total. The quantitative estimate of drug-likeness (QED) is 0.348. The summed E-state index contributed by atoms with van der Waals surface area (Å²) in [6.45, 7) is 2.28. The summed E-state index contributed by atoms with van der Waals surface area (Å²) in [6, 6.07) is -0.169. The van der Waals surface area contributed by atoms with Gasteiger partial charge in [0, 0.05) is 0 Å². The highest BCUT2D eigenvalue weighted by molar-refractivity contribution is 4.72. The maximum Gasteiger partial charge on any atom is 0.0715 e. The first-order valence-corrected chi connectivity index (χ1v) is 9.72. The lowest BCUT2D eigenvalue weighted by Crippen LogP contribution is -2.40. The molecule has 0 unspecified atom stereocenters. The van der Waals surface area contributed by atoms with E-state index in [1.165, 1.54) is 77.0 Å². The van der Waals surface area contributed by atoms with Crippen molar-refractivity contribution in [2.24, 2.45) is 0 Å². The second kappa shape index (κ2) is 17.2. The van der Waals surface area contributed by atoms with Gasteiger partial charge in [-0.2, -0.15) is 0 Å². The van der Waals surface area contributed by atoms with Crippen LogP contribution >= 0.6 is 0 Å². The van der Waals surface area contributed by atoms with E-state index in [9.17, 15) is 5.11 Å². The van der Waals surface area contributed by atoms with Crippen molar-refractivity contribution in [3.63, 3.8) is 0 Å². The second-order valence-corrected chi connectivity index (χ2v) is 6.68. The Morgan fingerprint density at radius 3 is 1.50 bits per heavy atom. The summed E-state index contributed by atoms with van der Waals surface area (Å²) in [4.78, 5) is 0. The number of aliphatic hydroxyl groups excluding tert-OH is 2. The molecular weight excluding hydrogens is 274 g/mol. The molecule has 2 atom stereocenters. The third kappa shape index (κ3) is 13.5. The number of hydrogen-bond donors (Lipinski definition) is 3. The van der Waals surface area contributed by atoms with E-state index in [0.29, 0.717) is 0 Å². The maximum atomic E-state index is 9.86. The van der Waals surface area contributed by atoms with Gasteiger partial charge in [-0.15, -0.1) is 0 Å². The molecule has 0 radical (unpaired) electrons. The lowest BCUT2D eigenvalue weighted by Gasteiger charge is -2.19. The molecule has 0 fully saturated rings. The average molecular weight is 316 g/mol. The van der Waals surface area contributed by atoms with Gasteiger partial charge < -0.3 is 15.5 Å². The Morgan fingerprint density at radius 2 is 1.14 bits per heavy atom. The lowest BCUT2D eigenvalue weighted by atomic mass is 10.0. The van der Waals surface area contributed by atoms with Gasteiger partial charge in [0.15, 0.2) is 0 Å².